The average molecular weight is 274 g/mol. The fourth-order valence-electron chi connectivity index (χ4n) is 1.52. The van der Waals surface area contributed by atoms with Crippen molar-refractivity contribution in [3.63, 3.8) is 0 Å². The van der Waals surface area contributed by atoms with Crippen molar-refractivity contribution in [3.05, 3.63) is 42.2 Å². The lowest BCUT2D eigenvalue weighted by atomic mass is 10.3. The van der Waals surface area contributed by atoms with Crippen molar-refractivity contribution in [2.24, 2.45) is 0 Å². The van der Waals surface area contributed by atoms with Crippen molar-refractivity contribution in [1.82, 2.24) is 20.3 Å². The van der Waals surface area contributed by atoms with Gasteiger partial charge in [-0.2, -0.15) is 9.90 Å². The number of methoxy groups -OCH3 is 1. The maximum atomic E-state index is 11.8. The number of nitrogens with one attached hydrogen (secondary N) is 1. The van der Waals surface area contributed by atoms with E-state index >= 15 is 0 Å². The minimum absolute atomic E-state index is 0.120. The number of esters is 1. The highest BCUT2D eigenvalue weighted by molar-refractivity contribution is 5.92. The Morgan fingerprint density at radius 3 is 2.75 bits per heavy atom. The molecule has 1 amide bonds. The molecule has 0 radical (unpaired) electrons. The second-order valence-electron chi connectivity index (χ2n) is 3.94. The third-order valence-corrected chi connectivity index (χ3v) is 2.55. The van der Waals surface area contributed by atoms with Crippen molar-refractivity contribution in [3.8, 4) is 5.69 Å². The molecule has 1 aromatic carbocycles. The molecule has 2 rings (SSSR count). The van der Waals surface area contributed by atoms with E-state index in [0.717, 1.165) is 5.69 Å². The Labute approximate surface area is 115 Å². The molecule has 0 aliphatic heterocycles. The molecule has 0 aliphatic carbocycles. The standard InChI is InChI=1S/C13H14N4O3/c1-20-12(18)7-8-14-13(19)11-9-15-17(16-11)10-5-3-2-4-6-10/h2-6,9H,7-8H2,1H3,(H,14,19). The Kier molecular flexibility index (Phi) is 4.43. The summed E-state index contributed by atoms with van der Waals surface area (Å²) >= 11 is 0. The Morgan fingerprint density at radius 1 is 1.30 bits per heavy atom. The van der Waals surface area contributed by atoms with E-state index in [4.69, 9.17) is 0 Å². The molecular formula is C13H14N4O3. The highest BCUT2D eigenvalue weighted by Gasteiger charge is 2.11. The molecule has 0 spiro atoms. The fourth-order valence-corrected chi connectivity index (χ4v) is 1.52. The average Bonchev–Trinajstić information content (AvgIpc) is 2.97. The second-order valence-corrected chi connectivity index (χ2v) is 3.94. The van der Waals surface area contributed by atoms with Crippen LogP contribution in [0.25, 0.3) is 5.69 Å². The fraction of sp³-hybridized carbons (Fsp3) is 0.231. The van der Waals surface area contributed by atoms with E-state index in [1.807, 2.05) is 30.3 Å². The zero-order valence-electron chi connectivity index (χ0n) is 10.9. The minimum Gasteiger partial charge on any atom is -0.469 e. The largest absolute Gasteiger partial charge is 0.469 e. The molecule has 0 aliphatic rings. The summed E-state index contributed by atoms with van der Waals surface area (Å²) in [5.74, 6) is -0.755. The lowest BCUT2D eigenvalue weighted by molar-refractivity contribution is -0.140. The second kappa shape index (κ2) is 6.46. The van der Waals surface area contributed by atoms with Crippen LogP contribution in [0.3, 0.4) is 0 Å². The molecular weight excluding hydrogens is 260 g/mol. The van der Waals surface area contributed by atoms with E-state index in [1.54, 1.807) is 0 Å². The van der Waals surface area contributed by atoms with Gasteiger partial charge in [-0.1, -0.05) is 18.2 Å². The van der Waals surface area contributed by atoms with Gasteiger partial charge in [-0.15, -0.1) is 5.10 Å². The number of rotatable bonds is 5. The summed E-state index contributed by atoms with van der Waals surface area (Å²) in [6.45, 7) is 0.198. The summed E-state index contributed by atoms with van der Waals surface area (Å²) in [6.07, 6.45) is 1.50. The van der Waals surface area contributed by atoms with E-state index in [2.05, 4.69) is 20.3 Å². The van der Waals surface area contributed by atoms with Gasteiger partial charge in [0.1, 0.15) is 0 Å². The van der Waals surface area contributed by atoms with Gasteiger partial charge in [-0.25, -0.2) is 0 Å². The molecule has 1 N–H and O–H groups in total. The summed E-state index contributed by atoms with van der Waals surface area (Å²) < 4.78 is 4.48. The van der Waals surface area contributed by atoms with Crippen molar-refractivity contribution >= 4 is 11.9 Å². The Bertz CT molecular complexity index is 595. The predicted molar refractivity (Wildman–Crippen MR) is 70.3 cm³/mol. The van der Waals surface area contributed by atoms with Crippen LogP contribution in [0, 0.1) is 0 Å². The monoisotopic (exact) mass is 274 g/mol. The van der Waals surface area contributed by atoms with Gasteiger partial charge in [0.05, 0.1) is 25.4 Å². The van der Waals surface area contributed by atoms with Gasteiger partial charge in [0.15, 0.2) is 5.69 Å². The van der Waals surface area contributed by atoms with Crippen LogP contribution in [0.1, 0.15) is 16.9 Å². The third-order valence-electron chi connectivity index (χ3n) is 2.55. The Morgan fingerprint density at radius 2 is 2.05 bits per heavy atom. The van der Waals surface area contributed by atoms with Crippen molar-refractivity contribution in [2.75, 3.05) is 13.7 Å². The van der Waals surface area contributed by atoms with E-state index in [0.29, 0.717) is 0 Å². The number of carbonyl (C=O) groups excluding carboxylic acids is 2. The molecule has 20 heavy (non-hydrogen) atoms. The summed E-state index contributed by atoms with van der Waals surface area (Å²) in [5, 5.41) is 10.7. The van der Waals surface area contributed by atoms with Gasteiger partial charge in [0.25, 0.3) is 5.91 Å². The molecule has 0 saturated carbocycles. The van der Waals surface area contributed by atoms with Crippen LogP contribution in [-0.2, 0) is 9.53 Å². The minimum atomic E-state index is -0.379. The highest BCUT2D eigenvalue weighted by Crippen LogP contribution is 2.04. The predicted octanol–water partition coefficient (Wildman–Crippen LogP) is 0.560. The van der Waals surface area contributed by atoms with Crippen molar-refractivity contribution in [2.45, 2.75) is 6.42 Å². The lowest BCUT2D eigenvalue weighted by Gasteiger charge is -2.01. The number of hydrogen-bond acceptors (Lipinski definition) is 5. The summed E-state index contributed by atoms with van der Waals surface area (Å²) in [4.78, 5) is 24.1. The van der Waals surface area contributed by atoms with Crippen LogP contribution in [0.15, 0.2) is 36.5 Å². The number of nitrogens with zero attached hydrogens (tertiary/aromatic N) is 3. The SMILES string of the molecule is COC(=O)CCNC(=O)c1cnn(-c2ccccc2)n1. The smallest absolute Gasteiger partial charge is 0.307 e. The first kappa shape index (κ1) is 13.7. The number of para-hydroxylation sites is 1. The molecule has 0 bridgehead atoms. The van der Waals surface area contributed by atoms with Gasteiger partial charge >= 0.3 is 5.97 Å². The maximum absolute atomic E-state index is 11.8. The van der Waals surface area contributed by atoms with Crippen LogP contribution >= 0.6 is 0 Å². The zero-order valence-corrected chi connectivity index (χ0v) is 10.9. The first-order valence-corrected chi connectivity index (χ1v) is 6.03. The first-order valence-electron chi connectivity index (χ1n) is 6.03. The highest BCUT2D eigenvalue weighted by atomic mass is 16.5. The summed E-state index contributed by atoms with van der Waals surface area (Å²) in [6, 6.07) is 9.26. The molecule has 1 aromatic heterocycles. The quantitative estimate of drug-likeness (QED) is 0.805. The van der Waals surface area contributed by atoms with Gasteiger partial charge in [-0.3, -0.25) is 9.59 Å². The van der Waals surface area contributed by atoms with Crippen LogP contribution in [0.5, 0.6) is 0 Å². The number of hydrogen-bond donors (Lipinski definition) is 1. The molecule has 0 fully saturated rings. The van der Waals surface area contributed by atoms with Gasteiger partial charge < -0.3 is 10.1 Å². The molecule has 104 valence electrons. The van der Waals surface area contributed by atoms with Crippen LogP contribution in [0.2, 0.25) is 0 Å². The summed E-state index contributed by atoms with van der Waals surface area (Å²) in [5.41, 5.74) is 0.958. The van der Waals surface area contributed by atoms with Crippen LogP contribution in [0.4, 0.5) is 0 Å². The van der Waals surface area contributed by atoms with Gasteiger partial charge in [-0.05, 0) is 12.1 Å². The third kappa shape index (κ3) is 3.41. The topological polar surface area (TPSA) is 86.1 Å². The van der Waals surface area contributed by atoms with Crippen LogP contribution < -0.4 is 5.32 Å². The Hall–Kier alpha value is -2.70. The molecule has 1 heterocycles. The molecule has 0 unspecified atom stereocenters. The number of ether oxygens (including phenoxy) is 1. The molecule has 2 aromatic rings. The molecule has 7 heteroatoms. The van der Waals surface area contributed by atoms with Crippen molar-refractivity contribution < 1.29 is 14.3 Å². The van der Waals surface area contributed by atoms with Crippen molar-refractivity contribution in [1.29, 1.82) is 0 Å². The molecule has 7 nitrogen and oxygen atoms in total. The number of carbonyl (C=O) groups is 2. The van der Waals surface area contributed by atoms with E-state index in [9.17, 15) is 9.59 Å². The zero-order chi connectivity index (χ0) is 14.4. The van der Waals surface area contributed by atoms with E-state index in [-0.39, 0.29) is 30.5 Å². The number of benzene rings is 1. The lowest BCUT2D eigenvalue weighted by Crippen LogP contribution is -2.26. The number of aromatic nitrogens is 3. The normalized spacial score (nSPS) is 10.1. The van der Waals surface area contributed by atoms with E-state index in [1.165, 1.54) is 18.1 Å². The Balaban J connectivity index is 1.95. The number of amides is 1. The van der Waals surface area contributed by atoms with Gasteiger partial charge in [0.2, 0.25) is 0 Å². The van der Waals surface area contributed by atoms with Gasteiger partial charge in [0, 0.05) is 6.54 Å². The summed E-state index contributed by atoms with van der Waals surface area (Å²) in [7, 11) is 1.30. The molecule has 0 atom stereocenters. The molecule has 0 saturated heterocycles. The first-order chi connectivity index (χ1) is 9.70. The van der Waals surface area contributed by atoms with E-state index < -0.39 is 0 Å². The maximum Gasteiger partial charge on any atom is 0.307 e. The van der Waals surface area contributed by atoms with Crippen LogP contribution in [-0.4, -0.2) is 40.5 Å².